The molecule has 8 heteroatoms. The zero-order valence-corrected chi connectivity index (χ0v) is 18.1. The molecule has 0 fully saturated rings. The maximum absolute atomic E-state index is 12.2. The Balaban J connectivity index is 0.000000654. The number of para-hydroxylation sites is 1. The van der Waals surface area contributed by atoms with Gasteiger partial charge in [-0.3, -0.25) is 4.79 Å². The van der Waals surface area contributed by atoms with Gasteiger partial charge in [-0.1, -0.05) is 48.5 Å². The van der Waals surface area contributed by atoms with Crippen LogP contribution in [0.15, 0.2) is 84.0 Å². The van der Waals surface area contributed by atoms with E-state index in [1.54, 1.807) is 38.4 Å². The van der Waals surface area contributed by atoms with Gasteiger partial charge in [-0.05, 0) is 24.3 Å². The fourth-order valence-electron chi connectivity index (χ4n) is 2.50. The molecule has 3 N–H and O–H groups in total. The first kappa shape index (κ1) is 23.9. The molecule has 0 unspecified atom stereocenters. The van der Waals surface area contributed by atoms with E-state index in [1.807, 2.05) is 48.5 Å². The second-order valence-corrected chi connectivity index (χ2v) is 6.71. The van der Waals surface area contributed by atoms with Crippen molar-refractivity contribution >= 4 is 23.8 Å². The van der Waals surface area contributed by atoms with Crippen molar-refractivity contribution in [2.75, 3.05) is 26.5 Å². The van der Waals surface area contributed by atoms with E-state index in [0.717, 1.165) is 12.0 Å². The molecule has 0 aliphatic carbocycles. The number of methoxy groups -OCH3 is 1. The summed E-state index contributed by atoms with van der Waals surface area (Å²) in [7, 11) is 4.90. The fourth-order valence-corrected chi connectivity index (χ4v) is 2.50. The van der Waals surface area contributed by atoms with Gasteiger partial charge in [-0.15, -0.1) is 0 Å². The lowest BCUT2D eigenvalue weighted by Crippen LogP contribution is -2.26. The number of carbonyl (C=O) groups is 2. The van der Waals surface area contributed by atoms with Crippen LogP contribution in [-0.4, -0.2) is 49.4 Å². The van der Waals surface area contributed by atoms with Gasteiger partial charge in [0.25, 0.3) is 0 Å². The molecule has 0 aliphatic heterocycles. The molecule has 0 heterocycles. The molecule has 3 aromatic carbocycles. The minimum atomic E-state index is -0.484. The van der Waals surface area contributed by atoms with E-state index >= 15 is 0 Å². The number of nitrogens with one attached hydrogen (secondary N) is 2. The minimum absolute atomic E-state index is 0.00206. The van der Waals surface area contributed by atoms with E-state index < -0.39 is 6.03 Å². The van der Waals surface area contributed by atoms with Crippen LogP contribution in [0.1, 0.15) is 11.1 Å². The van der Waals surface area contributed by atoms with Gasteiger partial charge >= 0.3 is 6.03 Å². The number of aromatic hydroxyl groups is 1. The quantitative estimate of drug-likeness (QED) is 0.313. The Morgan fingerprint density at radius 2 is 1.59 bits per heavy atom. The van der Waals surface area contributed by atoms with E-state index in [2.05, 4.69) is 15.8 Å². The van der Waals surface area contributed by atoms with Crippen LogP contribution in [0.4, 0.5) is 10.5 Å². The van der Waals surface area contributed by atoms with Crippen LogP contribution in [0, 0.1) is 0 Å². The van der Waals surface area contributed by atoms with Crippen molar-refractivity contribution in [3.8, 4) is 11.5 Å². The molecular weight excluding hydrogens is 408 g/mol. The molecule has 0 saturated carbocycles. The van der Waals surface area contributed by atoms with Gasteiger partial charge in [-0.25, -0.2) is 10.2 Å². The number of hydrogen-bond acceptors (Lipinski definition) is 5. The molecule has 3 rings (SSSR count). The largest absolute Gasteiger partial charge is 0.507 e. The number of anilines is 1. The Bertz CT molecular complexity index is 1040. The highest BCUT2D eigenvalue weighted by molar-refractivity contribution is 6.14. The van der Waals surface area contributed by atoms with Gasteiger partial charge in [-0.2, -0.15) is 5.10 Å². The second kappa shape index (κ2) is 12.4. The summed E-state index contributed by atoms with van der Waals surface area (Å²) in [4.78, 5) is 23.0. The van der Waals surface area contributed by atoms with E-state index in [9.17, 15) is 14.7 Å². The highest BCUT2D eigenvalue weighted by Crippen LogP contribution is 2.26. The second-order valence-electron chi connectivity index (χ2n) is 6.71. The van der Waals surface area contributed by atoms with Crippen LogP contribution >= 0.6 is 0 Å². The molecule has 166 valence electrons. The lowest BCUT2D eigenvalue weighted by atomic mass is 10.0. The minimum Gasteiger partial charge on any atom is -0.507 e. The molecule has 0 radical (unpaired) electrons. The fraction of sp³-hybridized carbons (Fsp3) is 0.125. The number of ether oxygens (including phenoxy) is 1. The Morgan fingerprint density at radius 3 is 2.12 bits per heavy atom. The van der Waals surface area contributed by atoms with Gasteiger partial charge in [0.15, 0.2) is 0 Å². The van der Waals surface area contributed by atoms with Gasteiger partial charge in [0, 0.05) is 37.0 Å². The van der Waals surface area contributed by atoms with Gasteiger partial charge in [0.05, 0.1) is 7.11 Å². The highest BCUT2D eigenvalue weighted by Gasteiger charge is 2.13. The Kier molecular flexibility index (Phi) is 9.27. The SMILES string of the molecule is CN(C)C=O.COc1ccc(/C(=N/NC(=O)Nc2ccccc2)c2ccccc2)c(O)c1. The number of amides is 3. The standard InChI is InChI=1S/C21H19N3O3.C3H7NO/c1-27-17-12-13-18(19(25)14-17)20(15-8-4-2-5-9-15)23-24-21(26)22-16-10-6-3-7-11-16;1-4(2)3-5/h2-14,25H,1H3,(H2,22,24,26);3H,1-2H3/b23-20+;. The zero-order valence-electron chi connectivity index (χ0n) is 18.1. The van der Waals surface area contributed by atoms with Crippen molar-refractivity contribution in [3.63, 3.8) is 0 Å². The Labute approximate surface area is 187 Å². The summed E-state index contributed by atoms with van der Waals surface area (Å²) in [6, 6.07) is 22.8. The normalized spacial score (nSPS) is 10.3. The predicted molar refractivity (Wildman–Crippen MR) is 125 cm³/mol. The topological polar surface area (TPSA) is 103 Å². The Hall–Kier alpha value is -4.33. The first-order chi connectivity index (χ1) is 15.4. The third kappa shape index (κ3) is 7.49. The highest BCUT2D eigenvalue weighted by atomic mass is 16.5. The summed E-state index contributed by atoms with van der Waals surface area (Å²) in [5.41, 5.74) is 4.78. The smallest absolute Gasteiger partial charge is 0.339 e. The van der Waals surface area contributed by atoms with Crippen LogP contribution in [0.25, 0.3) is 0 Å². The molecule has 8 nitrogen and oxygen atoms in total. The number of carbonyl (C=O) groups excluding carboxylic acids is 2. The number of rotatable bonds is 6. The monoisotopic (exact) mass is 434 g/mol. The van der Waals surface area contributed by atoms with Gasteiger partial charge < -0.3 is 20.1 Å². The van der Waals surface area contributed by atoms with Crippen LogP contribution in [0.3, 0.4) is 0 Å². The summed E-state index contributed by atoms with van der Waals surface area (Å²) >= 11 is 0. The van der Waals surface area contributed by atoms with Crippen LogP contribution in [-0.2, 0) is 4.79 Å². The number of hydrogen-bond donors (Lipinski definition) is 3. The van der Waals surface area contributed by atoms with Crippen molar-refractivity contribution in [2.45, 2.75) is 0 Å². The van der Waals surface area contributed by atoms with E-state index in [4.69, 9.17) is 4.74 Å². The van der Waals surface area contributed by atoms with Crippen LogP contribution in [0.5, 0.6) is 11.5 Å². The average Bonchev–Trinajstić information content (AvgIpc) is 2.81. The lowest BCUT2D eigenvalue weighted by Gasteiger charge is -2.11. The van der Waals surface area contributed by atoms with Crippen LogP contribution in [0.2, 0.25) is 0 Å². The maximum Gasteiger partial charge on any atom is 0.339 e. The number of benzene rings is 3. The molecule has 0 atom stereocenters. The van der Waals surface area contributed by atoms with E-state index in [1.165, 1.54) is 18.1 Å². The average molecular weight is 434 g/mol. The number of phenols is 1. The molecular formula is C24H26N4O4. The number of phenolic OH excluding ortho intramolecular Hbond substituents is 1. The van der Waals surface area contributed by atoms with Crippen molar-refractivity contribution in [1.29, 1.82) is 0 Å². The number of urea groups is 1. The zero-order chi connectivity index (χ0) is 23.3. The van der Waals surface area contributed by atoms with Crippen molar-refractivity contribution in [3.05, 3.63) is 90.0 Å². The lowest BCUT2D eigenvalue weighted by molar-refractivity contribution is -0.115. The summed E-state index contributed by atoms with van der Waals surface area (Å²) < 4.78 is 5.12. The summed E-state index contributed by atoms with van der Waals surface area (Å²) in [5.74, 6) is 0.528. The van der Waals surface area contributed by atoms with Gasteiger partial charge in [0.1, 0.15) is 17.2 Å². The number of hydrazone groups is 1. The molecule has 0 spiro atoms. The first-order valence-electron chi connectivity index (χ1n) is 9.69. The molecule has 3 aromatic rings. The molecule has 0 aliphatic rings. The van der Waals surface area contributed by atoms with Crippen molar-refractivity contribution in [2.24, 2.45) is 5.10 Å². The van der Waals surface area contributed by atoms with Gasteiger partial charge in [0.2, 0.25) is 6.41 Å². The number of nitrogens with zero attached hydrogens (tertiary/aromatic N) is 2. The summed E-state index contributed by atoms with van der Waals surface area (Å²) in [6.07, 6.45) is 0.750. The first-order valence-corrected chi connectivity index (χ1v) is 9.69. The van der Waals surface area contributed by atoms with E-state index in [-0.39, 0.29) is 5.75 Å². The summed E-state index contributed by atoms with van der Waals surface area (Å²) in [5, 5.41) is 17.3. The molecule has 32 heavy (non-hydrogen) atoms. The van der Waals surface area contributed by atoms with Crippen molar-refractivity contribution < 1.29 is 19.4 Å². The molecule has 0 saturated heterocycles. The van der Waals surface area contributed by atoms with E-state index in [0.29, 0.717) is 22.7 Å². The molecule has 3 amide bonds. The molecule has 0 aromatic heterocycles. The third-order valence-electron chi connectivity index (χ3n) is 4.02. The van der Waals surface area contributed by atoms with Crippen LogP contribution < -0.4 is 15.5 Å². The predicted octanol–water partition coefficient (Wildman–Crippen LogP) is 3.68. The third-order valence-corrected chi connectivity index (χ3v) is 4.02. The molecule has 0 bridgehead atoms. The summed E-state index contributed by atoms with van der Waals surface area (Å²) in [6.45, 7) is 0. The Morgan fingerprint density at radius 1 is 1.00 bits per heavy atom. The van der Waals surface area contributed by atoms with Crippen molar-refractivity contribution in [1.82, 2.24) is 10.3 Å². The maximum atomic E-state index is 12.2.